The summed E-state index contributed by atoms with van der Waals surface area (Å²) in [6.45, 7) is 3.13. The molecule has 0 bridgehead atoms. The summed E-state index contributed by atoms with van der Waals surface area (Å²) in [6, 6.07) is 29.4. The number of carboxylic acid groups (broad SMARTS) is 1. The molecule has 2 aliphatic heterocycles. The predicted octanol–water partition coefficient (Wildman–Crippen LogP) is 8.63. The zero-order valence-electron chi connectivity index (χ0n) is 39.7. The van der Waals surface area contributed by atoms with E-state index in [4.69, 9.17) is 33.4 Å². The maximum Gasteiger partial charge on any atom is 0.308 e. The molecule has 4 aromatic carbocycles. The minimum Gasteiger partial charge on any atom is -0.493 e. The summed E-state index contributed by atoms with van der Waals surface area (Å²) in [4.78, 5) is 46.4. The van der Waals surface area contributed by atoms with E-state index >= 15 is 0 Å². The number of benzene rings is 4. The standard InChI is InChI=1S/C32H35N5O4.C19H24N4O5.CH4/c1-39-27-18-26(19-28(40-2)30(27)41-3)35-32-33-16-15-29(36-32)37-17-7-10-25(21-37)31(38)34-20-22-11-13-24(14-12-22)23-8-5-4-6-9-23;1-26-14-9-13(10-15(27-2)17(14)28-3)21-19-20-7-6-16(22-19)23-8-4-5-12(11-23)18(24)25;/h4-6,8-9,11-16,18-19,25H,7,10,17,20-21H2,1-3H3,(H,34,38)(H,33,35,36);6-7,9-10,12H,4-5,8,11H2,1-3H3,(H,24,25)(H,20,21,22);1H4/t25-;12-;/m00./s1. The molecule has 2 atom stereocenters. The summed E-state index contributed by atoms with van der Waals surface area (Å²) >= 11 is 0. The molecule has 0 spiro atoms. The van der Waals surface area contributed by atoms with Gasteiger partial charge in [0.15, 0.2) is 23.0 Å². The Kier molecular flexibility index (Phi) is 18.2. The van der Waals surface area contributed by atoms with E-state index in [1.807, 2.05) is 29.2 Å². The largest absolute Gasteiger partial charge is 0.493 e. The van der Waals surface area contributed by atoms with Crippen molar-refractivity contribution in [1.29, 1.82) is 0 Å². The average molecular weight is 958 g/mol. The Morgan fingerprint density at radius 1 is 0.600 bits per heavy atom. The summed E-state index contributed by atoms with van der Waals surface area (Å²) in [5, 5.41) is 18.8. The van der Waals surface area contributed by atoms with E-state index < -0.39 is 5.97 Å². The number of ether oxygens (including phenoxy) is 6. The van der Waals surface area contributed by atoms with Crippen LogP contribution in [0, 0.1) is 11.8 Å². The number of nitrogens with zero attached hydrogens (tertiary/aromatic N) is 6. The van der Waals surface area contributed by atoms with Gasteiger partial charge in [-0.05, 0) is 54.5 Å². The van der Waals surface area contributed by atoms with Crippen molar-refractivity contribution in [2.75, 3.05) is 89.3 Å². The van der Waals surface area contributed by atoms with Crippen molar-refractivity contribution in [2.45, 2.75) is 39.7 Å². The molecule has 4 N–H and O–H groups in total. The molecule has 4 heterocycles. The van der Waals surface area contributed by atoms with Gasteiger partial charge in [-0.2, -0.15) is 9.97 Å². The summed E-state index contributed by atoms with van der Waals surface area (Å²) < 4.78 is 32.4. The average Bonchev–Trinajstić information content (AvgIpc) is 3.40. The Morgan fingerprint density at radius 3 is 1.49 bits per heavy atom. The first-order valence-corrected chi connectivity index (χ1v) is 22.6. The number of rotatable bonds is 17. The first kappa shape index (κ1) is 51.4. The SMILES string of the molecule is C.COc1cc(Nc2nccc(N3CCC[C@H](C(=O)NCc4ccc(-c5ccccc5)cc4)C3)n2)cc(OC)c1OC.COc1cc(Nc2nccc(N3CCC[C@H](C(=O)O)C3)n2)cc(OC)c1OC. The number of hydrogen-bond acceptors (Lipinski definition) is 16. The highest BCUT2D eigenvalue weighted by Gasteiger charge is 2.28. The minimum absolute atomic E-state index is 0. The van der Waals surface area contributed by atoms with Crippen molar-refractivity contribution in [2.24, 2.45) is 11.8 Å². The van der Waals surface area contributed by atoms with Gasteiger partial charge in [0.2, 0.25) is 29.3 Å². The van der Waals surface area contributed by atoms with Crippen LogP contribution >= 0.6 is 0 Å². The number of piperidine rings is 2. The maximum absolute atomic E-state index is 13.1. The topological polar surface area (TPSA) is 204 Å². The fourth-order valence-corrected chi connectivity index (χ4v) is 8.30. The highest BCUT2D eigenvalue weighted by molar-refractivity contribution is 5.79. The van der Waals surface area contributed by atoms with E-state index in [9.17, 15) is 14.7 Å². The lowest BCUT2D eigenvalue weighted by molar-refractivity contribution is -0.142. The molecular formula is C52H63N9O9. The van der Waals surface area contributed by atoms with Gasteiger partial charge in [0.1, 0.15) is 11.6 Å². The fourth-order valence-electron chi connectivity index (χ4n) is 8.30. The predicted molar refractivity (Wildman–Crippen MR) is 271 cm³/mol. The normalized spacial score (nSPS) is 15.2. The molecule has 2 saturated heterocycles. The van der Waals surface area contributed by atoms with Crippen LogP contribution in [-0.2, 0) is 16.1 Å². The molecule has 370 valence electrons. The Morgan fingerprint density at radius 2 is 1.04 bits per heavy atom. The van der Waals surface area contributed by atoms with Crippen molar-refractivity contribution in [3.8, 4) is 45.6 Å². The monoisotopic (exact) mass is 957 g/mol. The van der Waals surface area contributed by atoms with Crippen LogP contribution in [0.3, 0.4) is 0 Å². The number of methoxy groups -OCH3 is 6. The van der Waals surface area contributed by atoms with Crippen molar-refractivity contribution >= 4 is 46.8 Å². The Bertz CT molecular complexity index is 2610. The third kappa shape index (κ3) is 12.9. The molecule has 70 heavy (non-hydrogen) atoms. The number of carboxylic acids is 1. The van der Waals surface area contributed by atoms with Gasteiger partial charge >= 0.3 is 5.97 Å². The zero-order chi connectivity index (χ0) is 48.7. The van der Waals surface area contributed by atoms with Crippen molar-refractivity contribution in [1.82, 2.24) is 25.3 Å². The molecule has 0 unspecified atom stereocenters. The Hall–Kier alpha value is -8.02. The molecule has 2 aliphatic rings. The molecular weight excluding hydrogens is 895 g/mol. The van der Waals surface area contributed by atoms with Crippen LogP contribution in [0.5, 0.6) is 34.5 Å². The second kappa shape index (κ2) is 24.8. The number of anilines is 6. The molecule has 8 rings (SSSR count). The number of aromatic nitrogens is 4. The van der Waals surface area contributed by atoms with E-state index in [-0.39, 0.29) is 25.2 Å². The fraction of sp³-hybridized carbons (Fsp3) is 0.346. The lowest BCUT2D eigenvalue weighted by atomic mass is 9.97. The molecule has 0 saturated carbocycles. The van der Waals surface area contributed by atoms with Gasteiger partial charge in [0.05, 0.1) is 54.5 Å². The second-order valence-corrected chi connectivity index (χ2v) is 16.2. The van der Waals surface area contributed by atoms with Crippen LogP contribution in [0.1, 0.15) is 38.7 Å². The molecule has 18 heteroatoms. The third-order valence-corrected chi connectivity index (χ3v) is 11.9. The van der Waals surface area contributed by atoms with Gasteiger partial charge < -0.3 is 59.3 Å². The van der Waals surface area contributed by atoms with Gasteiger partial charge in [0.25, 0.3) is 0 Å². The molecule has 2 aromatic heterocycles. The van der Waals surface area contributed by atoms with E-state index in [1.54, 1.807) is 85.4 Å². The molecule has 0 aliphatic carbocycles. The van der Waals surface area contributed by atoms with E-state index in [0.29, 0.717) is 89.6 Å². The first-order valence-electron chi connectivity index (χ1n) is 22.6. The van der Waals surface area contributed by atoms with Gasteiger partial charge in [-0.15, -0.1) is 0 Å². The maximum atomic E-state index is 13.1. The van der Waals surface area contributed by atoms with Crippen LogP contribution in [0.25, 0.3) is 11.1 Å². The number of carbonyl (C=O) groups excluding carboxylic acids is 1. The Balaban J connectivity index is 0.000000243. The zero-order valence-corrected chi connectivity index (χ0v) is 39.7. The van der Waals surface area contributed by atoms with Crippen LogP contribution in [0.15, 0.2) is 103 Å². The first-order chi connectivity index (χ1) is 33.6. The van der Waals surface area contributed by atoms with Gasteiger partial charge in [-0.1, -0.05) is 62.0 Å². The molecule has 6 aromatic rings. The second-order valence-electron chi connectivity index (χ2n) is 16.2. The summed E-state index contributed by atoms with van der Waals surface area (Å²) in [6.07, 6.45) is 6.61. The van der Waals surface area contributed by atoms with Crippen LogP contribution in [0.4, 0.5) is 34.9 Å². The number of hydrogen-bond donors (Lipinski definition) is 4. The van der Waals surface area contributed by atoms with E-state index in [2.05, 4.69) is 72.2 Å². The van der Waals surface area contributed by atoms with Gasteiger partial charge in [-0.25, -0.2) is 9.97 Å². The highest BCUT2D eigenvalue weighted by Crippen LogP contribution is 2.42. The molecule has 1 amide bonds. The van der Waals surface area contributed by atoms with E-state index in [0.717, 1.165) is 49.3 Å². The van der Waals surface area contributed by atoms with Crippen molar-refractivity contribution in [3.05, 3.63) is 109 Å². The number of carbonyl (C=O) groups is 2. The number of aliphatic carboxylic acids is 1. The smallest absolute Gasteiger partial charge is 0.308 e. The van der Waals surface area contributed by atoms with Crippen molar-refractivity contribution in [3.63, 3.8) is 0 Å². The lowest BCUT2D eigenvalue weighted by Crippen LogP contribution is -2.43. The minimum atomic E-state index is -0.769. The quantitative estimate of drug-likeness (QED) is 0.0675. The highest BCUT2D eigenvalue weighted by atomic mass is 16.5. The van der Waals surface area contributed by atoms with Gasteiger partial charge in [-0.3, -0.25) is 9.59 Å². The van der Waals surface area contributed by atoms with E-state index in [1.165, 1.54) is 5.56 Å². The molecule has 18 nitrogen and oxygen atoms in total. The summed E-state index contributed by atoms with van der Waals surface area (Å²) in [5.41, 5.74) is 4.78. The lowest BCUT2D eigenvalue weighted by Gasteiger charge is -2.33. The van der Waals surface area contributed by atoms with Crippen LogP contribution in [0.2, 0.25) is 0 Å². The number of amides is 1. The van der Waals surface area contributed by atoms with Crippen LogP contribution in [-0.4, -0.2) is 106 Å². The Labute approximate surface area is 409 Å². The molecule has 2 fully saturated rings. The van der Waals surface area contributed by atoms with Crippen molar-refractivity contribution < 1.29 is 43.1 Å². The number of nitrogens with one attached hydrogen (secondary N) is 3. The summed E-state index contributed by atoms with van der Waals surface area (Å²) in [5.74, 6) is 4.18. The summed E-state index contributed by atoms with van der Waals surface area (Å²) in [7, 11) is 9.35. The molecule has 0 radical (unpaired) electrons. The third-order valence-electron chi connectivity index (χ3n) is 11.9. The van der Waals surface area contributed by atoms with Crippen LogP contribution < -0.4 is 54.2 Å². The van der Waals surface area contributed by atoms with Gasteiger partial charge in [0, 0.05) is 80.8 Å².